The number of ether oxygens (including phenoxy) is 1. The van der Waals surface area contributed by atoms with E-state index in [1.54, 1.807) is 0 Å². The van der Waals surface area contributed by atoms with E-state index in [1.165, 1.54) is 12.0 Å². The van der Waals surface area contributed by atoms with Crippen molar-refractivity contribution in [3.05, 3.63) is 29.8 Å². The lowest BCUT2D eigenvalue weighted by Crippen LogP contribution is -2.36. The second-order valence-electron chi connectivity index (χ2n) is 6.16. The Bertz CT molecular complexity index is 390. The molecule has 1 N–H and O–H groups in total. The van der Waals surface area contributed by atoms with Gasteiger partial charge in [-0.2, -0.15) is 0 Å². The van der Waals surface area contributed by atoms with Crippen molar-refractivity contribution in [2.75, 3.05) is 6.61 Å². The predicted molar refractivity (Wildman–Crippen MR) is 83.3 cm³/mol. The molecule has 1 atom stereocenters. The molecule has 1 aromatic rings. The second kappa shape index (κ2) is 7.12. The zero-order valence-corrected chi connectivity index (χ0v) is 12.9. The van der Waals surface area contributed by atoms with Gasteiger partial charge in [0, 0.05) is 5.92 Å². The average Bonchev–Trinajstić information content (AvgIpc) is 2.48. The summed E-state index contributed by atoms with van der Waals surface area (Å²) >= 11 is 0. The summed E-state index contributed by atoms with van der Waals surface area (Å²) in [6.45, 7) is 5.10. The molecular formula is C18H28O2. The minimum absolute atomic E-state index is 0.201. The molecule has 1 fully saturated rings. The summed E-state index contributed by atoms with van der Waals surface area (Å²) in [5.41, 5.74) is 0.709. The van der Waals surface area contributed by atoms with Gasteiger partial charge in [-0.05, 0) is 37.0 Å². The molecule has 0 radical (unpaired) electrons. The van der Waals surface area contributed by atoms with Gasteiger partial charge in [-0.25, -0.2) is 0 Å². The lowest BCUT2D eigenvalue weighted by molar-refractivity contribution is -0.0168. The first kappa shape index (κ1) is 15.4. The molecule has 2 rings (SSSR count). The van der Waals surface area contributed by atoms with Crippen molar-refractivity contribution < 1.29 is 9.84 Å². The topological polar surface area (TPSA) is 29.5 Å². The van der Waals surface area contributed by atoms with Gasteiger partial charge >= 0.3 is 0 Å². The number of benzene rings is 1. The third-order valence-corrected chi connectivity index (χ3v) is 4.67. The third kappa shape index (κ3) is 3.76. The summed E-state index contributed by atoms with van der Waals surface area (Å²) in [4.78, 5) is 0. The van der Waals surface area contributed by atoms with E-state index >= 15 is 0 Å². The fourth-order valence-corrected chi connectivity index (χ4v) is 3.09. The molecule has 0 amide bonds. The first-order chi connectivity index (χ1) is 9.65. The van der Waals surface area contributed by atoms with Gasteiger partial charge in [0.15, 0.2) is 0 Å². The Morgan fingerprint density at radius 1 is 1.15 bits per heavy atom. The van der Waals surface area contributed by atoms with Crippen LogP contribution in [0.3, 0.4) is 0 Å². The number of hydrogen-bond acceptors (Lipinski definition) is 2. The van der Waals surface area contributed by atoms with Crippen molar-refractivity contribution >= 4 is 0 Å². The highest BCUT2D eigenvalue weighted by Crippen LogP contribution is 2.39. The van der Waals surface area contributed by atoms with E-state index in [9.17, 15) is 5.11 Å². The Hall–Kier alpha value is -1.02. The van der Waals surface area contributed by atoms with Crippen LogP contribution in [0.2, 0.25) is 0 Å². The Kier molecular flexibility index (Phi) is 5.47. The number of hydrogen-bond donors (Lipinski definition) is 1. The fourth-order valence-electron chi connectivity index (χ4n) is 3.09. The van der Waals surface area contributed by atoms with Crippen molar-refractivity contribution in [1.82, 2.24) is 0 Å². The van der Waals surface area contributed by atoms with E-state index in [0.29, 0.717) is 0 Å². The number of unbranched alkanes of at least 4 members (excludes halogenated alkanes) is 1. The fraction of sp³-hybridized carbons (Fsp3) is 0.667. The Labute approximate surface area is 123 Å². The molecule has 112 valence electrons. The van der Waals surface area contributed by atoms with Crippen molar-refractivity contribution in [3.63, 3.8) is 0 Å². The molecule has 1 aliphatic rings. The number of aliphatic hydroxyl groups is 1. The summed E-state index contributed by atoms with van der Waals surface area (Å²) in [5.74, 6) is 1.14. The quantitative estimate of drug-likeness (QED) is 0.765. The first-order valence-corrected chi connectivity index (χ1v) is 8.11. The highest BCUT2D eigenvalue weighted by molar-refractivity contribution is 5.30. The van der Waals surface area contributed by atoms with Crippen molar-refractivity contribution in [2.45, 2.75) is 70.3 Å². The van der Waals surface area contributed by atoms with Crippen LogP contribution in [0, 0.1) is 0 Å². The molecular weight excluding hydrogens is 248 g/mol. The van der Waals surface area contributed by atoms with E-state index in [4.69, 9.17) is 4.74 Å². The van der Waals surface area contributed by atoms with Crippen LogP contribution >= 0.6 is 0 Å². The van der Waals surface area contributed by atoms with Gasteiger partial charge in [-0.1, -0.05) is 51.7 Å². The lowest BCUT2D eigenvalue weighted by Gasteiger charge is -2.37. The minimum Gasteiger partial charge on any atom is -0.494 e. The van der Waals surface area contributed by atoms with Gasteiger partial charge in [0.25, 0.3) is 0 Å². The van der Waals surface area contributed by atoms with E-state index in [2.05, 4.69) is 26.0 Å². The van der Waals surface area contributed by atoms with Gasteiger partial charge in [0.2, 0.25) is 0 Å². The summed E-state index contributed by atoms with van der Waals surface area (Å²) in [7, 11) is 0. The SMILES string of the molecule is CCCCOc1ccc(C(C)C2(O)CCCCC2)cc1. The van der Waals surface area contributed by atoms with Crippen LogP contribution in [-0.2, 0) is 0 Å². The van der Waals surface area contributed by atoms with Crippen molar-refractivity contribution in [2.24, 2.45) is 0 Å². The van der Waals surface area contributed by atoms with Crippen LogP contribution in [0.25, 0.3) is 0 Å². The summed E-state index contributed by atoms with van der Waals surface area (Å²) in [5, 5.41) is 10.8. The van der Waals surface area contributed by atoms with Crippen LogP contribution in [0.4, 0.5) is 0 Å². The Morgan fingerprint density at radius 2 is 1.80 bits per heavy atom. The molecule has 1 aromatic carbocycles. The van der Waals surface area contributed by atoms with Gasteiger partial charge < -0.3 is 9.84 Å². The van der Waals surface area contributed by atoms with Gasteiger partial charge in [-0.15, -0.1) is 0 Å². The molecule has 1 saturated carbocycles. The molecule has 1 unspecified atom stereocenters. The van der Waals surface area contributed by atoms with E-state index in [-0.39, 0.29) is 5.92 Å². The van der Waals surface area contributed by atoms with Gasteiger partial charge in [0.1, 0.15) is 5.75 Å². The molecule has 0 bridgehead atoms. The molecule has 0 aromatic heterocycles. The highest BCUT2D eigenvalue weighted by atomic mass is 16.5. The zero-order chi connectivity index (χ0) is 14.4. The van der Waals surface area contributed by atoms with Crippen LogP contribution in [-0.4, -0.2) is 17.3 Å². The Morgan fingerprint density at radius 3 is 2.40 bits per heavy atom. The first-order valence-electron chi connectivity index (χ1n) is 8.11. The summed E-state index contributed by atoms with van der Waals surface area (Å²) in [6.07, 6.45) is 7.68. The van der Waals surface area contributed by atoms with Crippen molar-refractivity contribution in [3.8, 4) is 5.75 Å². The highest BCUT2D eigenvalue weighted by Gasteiger charge is 2.35. The largest absolute Gasteiger partial charge is 0.494 e. The van der Waals surface area contributed by atoms with Crippen LogP contribution in [0.15, 0.2) is 24.3 Å². The minimum atomic E-state index is -0.511. The molecule has 0 heterocycles. The molecule has 2 nitrogen and oxygen atoms in total. The van der Waals surface area contributed by atoms with Crippen LogP contribution in [0.5, 0.6) is 5.75 Å². The maximum atomic E-state index is 10.8. The summed E-state index contributed by atoms with van der Waals surface area (Å²) in [6, 6.07) is 8.29. The molecule has 2 heteroatoms. The van der Waals surface area contributed by atoms with Crippen molar-refractivity contribution in [1.29, 1.82) is 0 Å². The number of rotatable bonds is 6. The van der Waals surface area contributed by atoms with Gasteiger partial charge in [-0.3, -0.25) is 0 Å². The van der Waals surface area contributed by atoms with E-state index in [0.717, 1.165) is 50.9 Å². The molecule has 0 aliphatic heterocycles. The maximum Gasteiger partial charge on any atom is 0.119 e. The molecule has 0 spiro atoms. The summed E-state index contributed by atoms with van der Waals surface area (Å²) < 4.78 is 5.69. The smallest absolute Gasteiger partial charge is 0.119 e. The second-order valence-corrected chi connectivity index (χ2v) is 6.16. The standard InChI is InChI=1S/C18H28O2/c1-3-4-14-20-17-10-8-16(9-11-17)15(2)18(19)12-6-5-7-13-18/h8-11,15,19H,3-7,12-14H2,1-2H3. The van der Waals surface area contributed by atoms with Crippen LogP contribution in [0.1, 0.15) is 70.3 Å². The third-order valence-electron chi connectivity index (χ3n) is 4.67. The predicted octanol–water partition coefficient (Wildman–Crippen LogP) is 4.66. The molecule has 20 heavy (non-hydrogen) atoms. The molecule has 1 aliphatic carbocycles. The lowest BCUT2D eigenvalue weighted by atomic mass is 9.74. The zero-order valence-electron chi connectivity index (χ0n) is 12.9. The van der Waals surface area contributed by atoms with Crippen LogP contribution < -0.4 is 4.74 Å². The van der Waals surface area contributed by atoms with Gasteiger partial charge in [0.05, 0.1) is 12.2 Å². The molecule has 0 saturated heterocycles. The normalized spacial score (nSPS) is 19.6. The average molecular weight is 276 g/mol. The monoisotopic (exact) mass is 276 g/mol. The maximum absolute atomic E-state index is 10.8. The Balaban J connectivity index is 1.98. The van der Waals surface area contributed by atoms with E-state index < -0.39 is 5.60 Å². The van der Waals surface area contributed by atoms with E-state index in [1.807, 2.05) is 12.1 Å².